The Labute approximate surface area is 279 Å². The molecule has 0 aromatic heterocycles. The molecule has 0 N–H and O–H groups in total. The van der Waals surface area contributed by atoms with Crippen LogP contribution in [-0.4, -0.2) is 50.8 Å². The molecule has 0 saturated carbocycles. The van der Waals surface area contributed by atoms with Gasteiger partial charge >= 0.3 is 12.1 Å². The third-order valence-electron chi connectivity index (χ3n) is 8.72. The molecule has 4 aromatic rings. The molecular formula is C38H40ClF3N2O3. The summed E-state index contributed by atoms with van der Waals surface area (Å²) >= 11 is 6.36. The van der Waals surface area contributed by atoms with Crippen molar-refractivity contribution < 1.29 is 27.4 Å². The van der Waals surface area contributed by atoms with E-state index < -0.39 is 11.7 Å². The zero-order chi connectivity index (χ0) is 33.2. The second kappa shape index (κ2) is 16.2. The summed E-state index contributed by atoms with van der Waals surface area (Å²) in [6.45, 7) is 3.39. The Morgan fingerprint density at radius 3 is 2.17 bits per heavy atom. The number of hydrogen-bond donors (Lipinski definition) is 0. The lowest BCUT2D eigenvalue weighted by atomic mass is 9.90. The van der Waals surface area contributed by atoms with Crippen LogP contribution in [0.4, 0.5) is 18.9 Å². The molecule has 1 saturated heterocycles. The predicted octanol–water partition coefficient (Wildman–Crippen LogP) is 8.85. The largest absolute Gasteiger partial charge is 0.493 e. The molecule has 1 heterocycles. The number of alkyl halides is 3. The number of benzene rings is 4. The maximum atomic E-state index is 13.7. The summed E-state index contributed by atoms with van der Waals surface area (Å²) in [4.78, 5) is 16.3. The van der Waals surface area contributed by atoms with E-state index in [2.05, 4.69) is 34.1 Å². The fourth-order valence-corrected chi connectivity index (χ4v) is 6.51. The number of ether oxygens (including phenoxy) is 2. The summed E-state index contributed by atoms with van der Waals surface area (Å²) < 4.78 is 52.2. The van der Waals surface area contributed by atoms with E-state index in [1.165, 1.54) is 13.2 Å². The molecule has 0 unspecified atom stereocenters. The second-order valence-electron chi connectivity index (χ2n) is 11.9. The normalized spacial score (nSPS) is 14.1. The quantitative estimate of drug-likeness (QED) is 0.106. The fourth-order valence-electron chi connectivity index (χ4n) is 6.22. The van der Waals surface area contributed by atoms with Crippen LogP contribution in [0.2, 0.25) is 5.02 Å². The van der Waals surface area contributed by atoms with Gasteiger partial charge in [0, 0.05) is 50.4 Å². The molecule has 0 amide bonds. The molecule has 5 nitrogen and oxygen atoms in total. The van der Waals surface area contributed by atoms with Crippen molar-refractivity contribution in [3.05, 3.63) is 130 Å². The molecule has 0 bridgehead atoms. The first kappa shape index (κ1) is 34.3. The van der Waals surface area contributed by atoms with Crippen molar-refractivity contribution >= 4 is 23.3 Å². The van der Waals surface area contributed by atoms with Gasteiger partial charge in [0.15, 0.2) is 0 Å². The number of carbonyl (C=O) groups is 1. The lowest BCUT2D eigenvalue weighted by Gasteiger charge is -2.32. The van der Waals surface area contributed by atoms with Crippen molar-refractivity contribution in [1.29, 1.82) is 0 Å². The first-order valence-electron chi connectivity index (χ1n) is 16.0. The van der Waals surface area contributed by atoms with Gasteiger partial charge in [0.2, 0.25) is 0 Å². The van der Waals surface area contributed by atoms with Crippen LogP contribution in [0.5, 0.6) is 5.75 Å². The number of halogens is 4. The lowest BCUT2D eigenvalue weighted by molar-refractivity contribution is -0.146. The highest BCUT2D eigenvalue weighted by Gasteiger charge is 2.34. The first-order chi connectivity index (χ1) is 22.7. The predicted molar refractivity (Wildman–Crippen MR) is 180 cm³/mol. The third kappa shape index (κ3) is 9.30. The van der Waals surface area contributed by atoms with E-state index in [1.54, 1.807) is 6.07 Å². The van der Waals surface area contributed by atoms with E-state index in [9.17, 15) is 18.0 Å². The molecule has 1 aliphatic rings. The number of nitrogens with zero attached hydrogens (tertiary/aromatic N) is 2. The van der Waals surface area contributed by atoms with Gasteiger partial charge in [-0.2, -0.15) is 13.2 Å². The number of rotatable bonds is 13. The van der Waals surface area contributed by atoms with E-state index in [0.29, 0.717) is 31.7 Å². The summed E-state index contributed by atoms with van der Waals surface area (Å²) in [5.74, 6) is 0.539. The molecule has 5 rings (SSSR count). The zero-order valence-corrected chi connectivity index (χ0v) is 27.2. The minimum atomic E-state index is -4.53. The van der Waals surface area contributed by atoms with Gasteiger partial charge in [-0.15, -0.1) is 0 Å². The molecule has 0 aliphatic carbocycles. The standard InChI is InChI=1S/C38H40ClF3N2O3/c1-46-37(45)30-19-22-44(23-20-30)32-16-9-17-33(25-32)47-24-10-21-43(26-31-15-8-18-35(36(31)39)38(40,41)42)27-34(28-11-4-2-5-12-28)29-13-6-3-7-14-29/h2-9,11-18,25,30,34H,10,19-24,26-27H2,1H3. The third-order valence-corrected chi connectivity index (χ3v) is 9.17. The SMILES string of the molecule is COC(=O)C1CCN(c2cccc(OCCCN(Cc3cccc(C(F)(F)F)c3Cl)CC(c3ccccc3)c3ccccc3)c2)CC1. The smallest absolute Gasteiger partial charge is 0.417 e. The van der Waals surface area contributed by atoms with Crippen molar-refractivity contribution in [3.8, 4) is 5.75 Å². The zero-order valence-electron chi connectivity index (χ0n) is 26.5. The number of methoxy groups -OCH3 is 1. The van der Waals surface area contributed by atoms with Crippen LogP contribution >= 0.6 is 11.6 Å². The van der Waals surface area contributed by atoms with Gasteiger partial charge in [-0.05, 0) is 54.2 Å². The number of anilines is 1. The molecular weight excluding hydrogens is 625 g/mol. The van der Waals surface area contributed by atoms with E-state index in [1.807, 2.05) is 60.7 Å². The summed E-state index contributed by atoms with van der Waals surface area (Å²) in [6.07, 6.45) is -2.39. The Morgan fingerprint density at radius 2 is 1.55 bits per heavy atom. The fraction of sp³-hybridized carbons (Fsp3) is 0.342. The Hall–Kier alpha value is -4.01. The van der Waals surface area contributed by atoms with Gasteiger partial charge in [0.05, 0.1) is 30.2 Å². The van der Waals surface area contributed by atoms with Crippen molar-refractivity contribution in [2.75, 3.05) is 44.8 Å². The summed E-state index contributed by atoms with van der Waals surface area (Å²) in [5, 5.41) is -0.260. The molecule has 1 fully saturated rings. The Kier molecular flexibility index (Phi) is 11.8. The highest BCUT2D eigenvalue weighted by atomic mass is 35.5. The molecule has 4 aromatic carbocycles. The number of hydrogen-bond acceptors (Lipinski definition) is 5. The van der Waals surface area contributed by atoms with E-state index in [4.69, 9.17) is 21.1 Å². The Bertz CT molecular complexity index is 1540. The lowest BCUT2D eigenvalue weighted by Crippen LogP contribution is -2.36. The average Bonchev–Trinajstić information content (AvgIpc) is 3.09. The average molecular weight is 665 g/mol. The van der Waals surface area contributed by atoms with E-state index in [0.717, 1.165) is 54.6 Å². The summed E-state index contributed by atoms with van der Waals surface area (Å²) in [7, 11) is 1.43. The summed E-state index contributed by atoms with van der Waals surface area (Å²) in [5.41, 5.74) is 2.91. The number of piperidine rings is 1. The molecule has 1 aliphatic heterocycles. The Morgan fingerprint density at radius 1 is 0.915 bits per heavy atom. The number of esters is 1. The molecule has 47 heavy (non-hydrogen) atoms. The van der Waals surface area contributed by atoms with Crippen molar-refractivity contribution in [1.82, 2.24) is 4.90 Å². The summed E-state index contributed by atoms with van der Waals surface area (Å²) in [6, 6.07) is 32.3. The van der Waals surface area contributed by atoms with Crippen LogP contribution in [0.25, 0.3) is 0 Å². The molecule has 9 heteroatoms. The van der Waals surface area contributed by atoms with E-state index >= 15 is 0 Å². The Balaban J connectivity index is 1.28. The molecule has 0 radical (unpaired) electrons. The monoisotopic (exact) mass is 664 g/mol. The van der Waals surface area contributed by atoms with Gasteiger partial charge in [0.1, 0.15) is 5.75 Å². The van der Waals surface area contributed by atoms with Gasteiger partial charge in [0.25, 0.3) is 0 Å². The van der Waals surface area contributed by atoms with Gasteiger partial charge in [-0.3, -0.25) is 9.69 Å². The topological polar surface area (TPSA) is 42.0 Å². The molecule has 0 atom stereocenters. The minimum Gasteiger partial charge on any atom is -0.493 e. The number of carbonyl (C=O) groups excluding carboxylic acids is 1. The maximum absolute atomic E-state index is 13.7. The van der Waals surface area contributed by atoms with Crippen molar-refractivity contribution in [3.63, 3.8) is 0 Å². The van der Waals surface area contributed by atoms with Gasteiger partial charge < -0.3 is 14.4 Å². The van der Waals surface area contributed by atoms with Crippen LogP contribution in [0.15, 0.2) is 103 Å². The molecule has 248 valence electrons. The van der Waals surface area contributed by atoms with Crippen LogP contribution < -0.4 is 9.64 Å². The van der Waals surface area contributed by atoms with Gasteiger partial charge in [-0.25, -0.2) is 0 Å². The van der Waals surface area contributed by atoms with E-state index in [-0.39, 0.29) is 29.4 Å². The maximum Gasteiger partial charge on any atom is 0.417 e. The van der Waals surface area contributed by atoms with Crippen LogP contribution in [0, 0.1) is 5.92 Å². The highest BCUT2D eigenvalue weighted by Crippen LogP contribution is 2.37. The van der Waals surface area contributed by atoms with Crippen LogP contribution in [-0.2, 0) is 22.3 Å². The molecule has 0 spiro atoms. The minimum absolute atomic E-state index is 0.00268. The second-order valence-corrected chi connectivity index (χ2v) is 12.2. The van der Waals surface area contributed by atoms with Crippen molar-refractivity contribution in [2.24, 2.45) is 5.92 Å². The van der Waals surface area contributed by atoms with Crippen LogP contribution in [0.1, 0.15) is 47.4 Å². The highest BCUT2D eigenvalue weighted by molar-refractivity contribution is 6.32. The first-order valence-corrected chi connectivity index (χ1v) is 16.3. The van der Waals surface area contributed by atoms with Gasteiger partial charge in [-0.1, -0.05) is 90.5 Å². The van der Waals surface area contributed by atoms with Crippen LogP contribution in [0.3, 0.4) is 0 Å². The van der Waals surface area contributed by atoms with Crippen molar-refractivity contribution in [2.45, 2.75) is 37.9 Å².